The second-order valence-corrected chi connectivity index (χ2v) is 6.54. The van der Waals surface area contributed by atoms with E-state index in [4.69, 9.17) is 9.11 Å². The summed E-state index contributed by atoms with van der Waals surface area (Å²) in [5.74, 6) is 0. The maximum atomic E-state index is 11.0. The van der Waals surface area contributed by atoms with E-state index in [0.29, 0.717) is 0 Å². The number of benzene rings is 1. The van der Waals surface area contributed by atoms with Gasteiger partial charge >= 0.3 is 0 Å². The molecule has 0 aliphatic heterocycles. The summed E-state index contributed by atoms with van der Waals surface area (Å²) in [6, 6.07) is 2.17. The Morgan fingerprint density at radius 1 is 1.00 bits per heavy atom. The van der Waals surface area contributed by atoms with E-state index in [1.165, 1.54) is 6.92 Å². The molecular weight excluding hydrogens is 275 g/mol. The highest BCUT2D eigenvalue weighted by atomic mass is 32.2. The van der Waals surface area contributed by atoms with Crippen molar-refractivity contribution in [3.05, 3.63) is 17.7 Å². The van der Waals surface area contributed by atoms with Crippen molar-refractivity contribution >= 4 is 34.8 Å². The van der Waals surface area contributed by atoms with Gasteiger partial charge in [-0.3, -0.25) is 9.11 Å². The summed E-state index contributed by atoms with van der Waals surface area (Å²) in [6.45, 7) is 1.18. The third-order valence-corrected chi connectivity index (χ3v) is 4.18. The van der Waals surface area contributed by atoms with Gasteiger partial charge in [0.05, 0.1) is 9.79 Å². The van der Waals surface area contributed by atoms with E-state index in [2.05, 4.69) is 9.24 Å². The van der Waals surface area contributed by atoms with Crippen LogP contribution in [0.15, 0.2) is 21.9 Å². The first kappa shape index (κ1) is 13.5. The predicted molar refractivity (Wildman–Crippen MR) is 60.2 cm³/mol. The fraction of sp³-hybridized carbons (Fsp3) is 0.143. The van der Waals surface area contributed by atoms with Crippen LogP contribution >= 0.6 is 9.24 Å². The van der Waals surface area contributed by atoms with E-state index in [1.807, 2.05) is 0 Å². The first-order valence-corrected chi connectivity index (χ1v) is 7.34. The summed E-state index contributed by atoms with van der Waals surface area (Å²) in [5.41, 5.74) is -0.226. The lowest BCUT2D eigenvalue weighted by Gasteiger charge is -2.08. The van der Waals surface area contributed by atoms with Gasteiger partial charge in [0.25, 0.3) is 20.2 Å². The summed E-state index contributed by atoms with van der Waals surface area (Å²) in [7, 11) is -6.97. The van der Waals surface area contributed by atoms with E-state index in [0.717, 1.165) is 12.1 Å². The number of hydrogen-bond acceptors (Lipinski definition) is 4. The minimum absolute atomic E-state index is 0.214. The second kappa shape index (κ2) is 4.05. The zero-order valence-corrected chi connectivity index (χ0v) is 10.9. The van der Waals surface area contributed by atoms with Gasteiger partial charge in [-0.1, -0.05) is 0 Å². The smallest absolute Gasteiger partial charge is 0.282 e. The lowest BCUT2D eigenvalue weighted by atomic mass is 10.2. The Balaban J connectivity index is 3.78. The predicted octanol–water partition coefficient (Wildman–Crippen LogP) is -0.0112. The average molecular weight is 284 g/mol. The largest absolute Gasteiger partial charge is 0.294 e. The van der Waals surface area contributed by atoms with E-state index in [1.54, 1.807) is 0 Å². The third-order valence-electron chi connectivity index (χ3n) is 1.89. The Kier molecular flexibility index (Phi) is 3.42. The topological polar surface area (TPSA) is 109 Å². The molecule has 6 nitrogen and oxygen atoms in total. The van der Waals surface area contributed by atoms with Crippen LogP contribution in [0, 0.1) is 6.92 Å². The highest BCUT2D eigenvalue weighted by molar-refractivity contribution is 7.86. The van der Waals surface area contributed by atoms with Crippen LogP contribution in [0.3, 0.4) is 0 Å². The molecule has 0 heterocycles. The summed E-state index contributed by atoms with van der Waals surface area (Å²) < 4.78 is 61.6. The van der Waals surface area contributed by atoms with Crippen molar-refractivity contribution in [3.63, 3.8) is 0 Å². The van der Waals surface area contributed by atoms with Gasteiger partial charge in [0.1, 0.15) is 0 Å². The van der Waals surface area contributed by atoms with Crippen molar-refractivity contribution in [2.45, 2.75) is 16.7 Å². The zero-order valence-electron chi connectivity index (χ0n) is 8.08. The van der Waals surface area contributed by atoms with Crippen molar-refractivity contribution in [1.29, 1.82) is 0 Å². The normalized spacial score (nSPS) is 12.8. The van der Waals surface area contributed by atoms with E-state index in [9.17, 15) is 16.8 Å². The van der Waals surface area contributed by atoms with E-state index >= 15 is 0 Å². The van der Waals surface area contributed by atoms with Gasteiger partial charge in [0.15, 0.2) is 0 Å². The minimum Gasteiger partial charge on any atom is -0.282 e. The molecule has 1 aromatic rings. The van der Waals surface area contributed by atoms with Crippen LogP contribution in [0.25, 0.3) is 0 Å². The summed E-state index contributed by atoms with van der Waals surface area (Å²) in [5, 5.41) is 0.214. The maximum absolute atomic E-state index is 11.0. The molecular formula is C7H9O6PS2. The highest BCUT2D eigenvalue weighted by Crippen LogP contribution is 2.22. The molecule has 0 radical (unpaired) electrons. The monoisotopic (exact) mass is 284 g/mol. The first-order chi connectivity index (χ1) is 7.03. The van der Waals surface area contributed by atoms with Gasteiger partial charge in [-0.05, 0) is 29.9 Å². The molecule has 0 aliphatic carbocycles. The Morgan fingerprint density at radius 2 is 1.31 bits per heavy atom. The van der Waals surface area contributed by atoms with Crippen LogP contribution < -0.4 is 5.30 Å². The second-order valence-electron chi connectivity index (χ2n) is 3.09. The van der Waals surface area contributed by atoms with Crippen molar-refractivity contribution in [3.8, 4) is 0 Å². The van der Waals surface area contributed by atoms with Crippen LogP contribution in [0.1, 0.15) is 5.56 Å². The first-order valence-electron chi connectivity index (χ1n) is 3.88. The molecule has 0 saturated carbocycles. The molecule has 16 heavy (non-hydrogen) atoms. The molecule has 2 N–H and O–H groups in total. The van der Waals surface area contributed by atoms with Crippen molar-refractivity contribution < 1.29 is 25.9 Å². The molecule has 1 unspecified atom stereocenters. The standard InChI is InChI=1S/C7H9O6PS2/c1-4-6(15(8,9)10)2-5(14)3-7(4)16(11,12)13/h2-3H,14H2,1H3,(H,8,9,10)(H,11,12,13). The Morgan fingerprint density at radius 3 is 1.56 bits per heavy atom. The van der Waals surface area contributed by atoms with Gasteiger partial charge in [-0.15, -0.1) is 9.24 Å². The van der Waals surface area contributed by atoms with Crippen molar-refractivity contribution in [1.82, 2.24) is 0 Å². The average Bonchev–Trinajstić information content (AvgIpc) is 2.04. The molecule has 1 rings (SSSR count). The fourth-order valence-electron chi connectivity index (χ4n) is 1.22. The van der Waals surface area contributed by atoms with Crippen LogP contribution in [0.2, 0.25) is 0 Å². The number of rotatable bonds is 2. The van der Waals surface area contributed by atoms with E-state index < -0.39 is 30.0 Å². The molecule has 1 aromatic carbocycles. The highest BCUT2D eigenvalue weighted by Gasteiger charge is 2.22. The third kappa shape index (κ3) is 2.78. The fourth-order valence-corrected chi connectivity index (χ4v) is 3.42. The Hall–Kier alpha value is -0.530. The lowest BCUT2D eigenvalue weighted by Crippen LogP contribution is -2.11. The molecule has 0 spiro atoms. The van der Waals surface area contributed by atoms with Gasteiger partial charge < -0.3 is 0 Å². The summed E-state index contributed by atoms with van der Waals surface area (Å²) in [6.07, 6.45) is 0. The van der Waals surface area contributed by atoms with Gasteiger partial charge in [0, 0.05) is 0 Å². The van der Waals surface area contributed by atoms with Crippen LogP contribution in [0.5, 0.6) is 0 Å². The Labute approximate surface area is 95.4 Å². The SMILES string of the molecule is Cc1c(S(=O)(=O)O)cc(P)cc1S(=O)(=O)O. The van der Waals surface area contributed by atoms with E-state index in [-0.39, 0.29) is 10.9 Å². The van der Waals surface area contributed by atoms with Gasteiger partial charge in [-0.25, -0.2) is 0 Å². The molecule has 0 saturated heterocycles. The quantitative estimate of drug-likeness (QED) is 0.584. The molecule has 0 aliphatic rings. The number of hydrogen-bond donors (Lipinski definition) is 2. The molecule has 1 atom stereocenters. The zero-order chi connectivity index (χ0) is 12.7. The lowest BCUT2D eigenvalue weighted by molar-refractivity contribution is 0.480. The molecule has 0 fully saturated rings. The van der Waals surface area contributed by atoms with Crippen molar-refractivity contribution in [2.75, 3.05) is 0 Å². The van der Waals surface area contributed by atoms with Gasteiger partial charge in [0.2, 0.25) is 0 Å². The Bertz CT molecular complexity index is 578. The molecule has 0 amide bonds. The summed E-state index contributed by atoms with van der Waals surface area (Å²) in [4.78, 5) is -1.10. The molecule has 0 aromatic heterocycles. The molecule has 9 heteroatoms. The summed E-state index contributed by atoms with van der Waals surface area (Å²) >= 11 is 0. The van der Waals surface area contributed by atoms with Crippen LogP contribution in [-0.4, -0.2) is 25.9 Å². The molecule has 90 valence electrons. The minimum atomic E-state index is -4.53. The maximum Gasteiger partial charge on any atom is 0.294 e. The van der Waals surface area contributed by atoms with Crippen molar-refractivity contribution in [2.24, 2.45) is 0 Å². The van der Waals surface area contributed by atoms with Crippen LogP contribution in [-0.2, 0) is 20.2 Å². The van der Waals surface area contributed by atoms with Gasteiger partial charge in [-0.2, -0.15) is 16.8 Å². The molecule has 0 bridgehead atoms. The van der Waals surface area contributed by atoms with Crippen LogP contribution in [0.4, 0.5) is 0 Å².